The van der Waals surface area contributed by atoms with Crippen molar-refractivity contribution in [3.8, 4) is 0 Å². The normalized spacial score (nSPS) is 22.2. The predicted octanol–water partition coefficient (Wildman–Crippen LogP) is 1.92. The van der Waals surface area contributed by atoms with Gasteiger partial charge < -0.3 is 14.4 Å². The number of carbonyl (C=O) groups is 2. The molecule has 2 aliphatic rings. The summed E-state index contributed by atoms with van der Waals surface area (Å²) in [7, 11) is 1.11. The van der Waals surface area contributed by atoms with Crippen molar-refractivity contribution in [2.45, 2.75) is 12.0 Å². The molecule has 6 nitrogen and oxygen atoms in total. The Bertz CT molecular complexity index is 681. The van der Waals surface area contributed by atoms with E-state index in [1.165, 1.54) is 0 Å². The number of benzene rings is 1. The van der Waals surface area contributed by atoms with E-state index in [0.29, 0.717) is 0 Å². The lowest BCUT2D eigenvalue weighted by atomic mass is 10.1. The highest BCUT2D eigenvalue weighted by molar-refractivity contribution is 5.94. The van der Waals surface area contributed by atoms with Crippen LogP contribution in [0.15, 0.2) is 12.1 Å². The molecule has 0 bridgehead atoms. The van der Waals surface area contributed by atoms with Crippen molar-refractivity contribution in [1.82, 2.24) is 0 Å². The smallest absolute Gasteiger partial charge is 0.415 e. The fourth-order valence-corrected chi connectivity index (χ4v) is 2.61. The van der Waals surface area contributed by atoms with E-state index in [-0.39, 0.29) is 12.2 Å². The number of anilines is 2. The van der Waals surface area contributed by atoms with Crippen molar-refractivity contribution in [2.75, 3.05) is 36.5 Å². The van der Waals surface area contributed by atoms with Crippen molar-refractivity contribution >= 4 is 23.4 Å². The molecule has 24 heavy (non-hydrogen) atoms. The van der Waals surface area contributed by atoms with Crippen molar-refractivity contribution in [3.63, 3.8) is 0 Å². The zero-order chi connectivity index (χ0) is 17.6. The lowest BCUT2D eigenvalue weighted by molar-refractivity contribution is -0.148. The number of ether oxygens (including phenoxy) is 2. The molecular weight excluding hydrogens is 336 g/mol. The molecule has 3 rings (SSSR count). The van der Waals surface area contributed by atoms with Gasteiger partial charge in [0, 0.05) is 12.1 Å². The van der Waals surface area contributed by atoms with Crippen LogP contribution in [0, 0.1) is 11.6 Å². The molecule has 1 aromatic carbocycles. The van der Waals surface area contributed by atoms with E-state index in [1.54, 1.807) is 0 Å². The third-order valence-corrected chi connectivity index (χ3v) is 3.75. The van der Waals surface area contributed by atoms with Gasteiger partial charge in [-0.3, -0.25) is 4.90 Å². The number of nitrogens with zero attached hydrogens (tertiary/aromatic N) is 2. The van der Waals surface area contributed by atoms with Crippen LogP contribution in [0.4, 0.5) is 33.7 Å². The summed E-state index contributed by atoms with van der Waals surface area (Å²) in [5, 5.41) is 0. The third-order valence-electron chi connectivity index (χ3n) is 3.75. The van der Waals surface area contributed by atoms with Gasteiger partial charge in [-0.25, -0.2) is 27.2 Å². The molecule has 0 spiro atoms. The Kier molecular flexibility index (Phi) is 3.77. The second-order valence-electron chi connectivity index (χ2n) is 5.48. The first-order valence-corrected chi connectivity index (χ1v) is 6.89. The van der Waals surface area contributed by atoms with Crippen LogP contribution >= 0.6 is 0 Å². The van der Waals surface area contributed by atoms with Crippen LogP contribution in [0.25, 0.3) is 0 Å². The Morgan fingerprint density at radius 3 is 2.38 bits per heavy atom. The summed E-state index contributed by atoms with van der Waals surface area (Å²) in [5.74, 6) is -5.96. The highest BCUT2D eigenvalue weighted by Gasteiger charge is 2.46. The molecular formula is C14H12F4N2O4. The summed E-state index contributed by atoms with van der Waals surface area (Å²) in [5.41, 5.74) is -0.765. The predicted molar refractivity (Wildman–Crippen MR) is 73.1 cm³/mol. The van der Waals surface area contributed by atoms with Crippen molar-refractivity contribution in [2.24, 2.45) is 0 Å². The van der Waals surface area contributed by atoms with Crippen LogP contribution in [-0.4, -0.2) is 50.8 Å². The summed E-state index contributed by atoms with van der Waals surface area (Å²) in [6.45, 7) is -1.84. The summed E-state index contributed by atoms with van der Waals surface area (Å²) in [6, 6.07) is 1.66. The summed E-state index contributed by atoms with van der Waals surface area (Å²) in [4.78, 5) is 24.8. The van der Waals surface area contributed by atoms with Gasteiger partial charge >= 0.3 is 12.1 Å². The molecule has 1 amide bonds. The van der Waals surface area contributed by atoms with Crippen LogP contribution in [0.3, 0.4) is 0 Å². The third kappa shape index (κ3) is 2.72. The fraction of sp³-hybridized carbons (Fsp3) is 0.429. The van der Waals surface area contributed by atoms with Crippen molar-refractivity contribution < 1.29 is 36.6 Å². The van der Waals surface area contributed by atoms with E-state index in [2.05, 4.69) is 4.74 Å². The average molecular weight is 348 g/mol. The lowest BCUT2D eigenvalue weighted by Gasteiger charge is -2.40. The number of methoxy groups -OCH3 is 1. The number of halogens is 4. The monoisotopic (exact) mass is 348 g/mol. The SMILES string of the molecule is COC(=O)[C@H]1CN(c2cc(F)c(N3CC(F)(F)C3)c(F)c2)C(=O)O1. The molecule has 1 atom stereocenters. The van der Waals surface area contributed by atoms with Gasteiger partial charge in [0.2, 0.25) is 6.10 Å². The summed E-state index contributed by atoms with van der Waals surface area (Å²) >= 11 is 0. The first-order chi connectivity index (χ1) is 11.2. The summed E-state index contributed by atoms with van der Waals surface area (Å²) in [6.07, 6.45) is -2.17. The maximum Gasteiger partial charge on any atom is 0.415 e. The number of carbonyl (C=O) groups excluding carboxylic acids is 2. The van der Waals surface area contributed by atoms with E-state index in [0.717, 1.165) is 29.0 Å². The minimum Gasteiger partial charge on any atom is -0.466 e. The van der Waals surface area contributed by atoms with Gasteiger partial charge in [-0.15, -0.1) is 0 Å². The molecule has 1 aromatic rings. The number of hydrogen-bond donors (Lipinski definition) is 0. The molecule has 0 aromatic heterocycles. The Balaban J connectivity index is 1.83. The highest BCUT2D eigenvalue weighted by atomic mass is 19.3. The van der Waals surface area contributed by atoms with Crippen molar-refractivity contribution in [3.05, 3.63) is 23.8 Å². The van der Waals surface area contributed by atoms with E-state index < -0.39 is 54.5 Å². The number of cyclic esters (lactones) is 1. The lowest BCUT2D eigenvalue weighted by Crippen LogP contribution is -2.57. The van der Waals surface area contributed by atoms with Crippen LogP contribution in [0.1, 0.15) is 0 Å². The number of hydrogen-bond acceptors (Lipinski definition) is 5. The van der Waals surface area contributed by atoms with E-state index in [9.17, 15) is 27.2 Å². The number of esters is 1. The molecule has 10 heteroatoms. The van der Waals surface area contributed by atoms with E-state index in [1.807, 2.05) is 0 Å². The first-order valence-electron chi connectivity index (χ1n) is 6.89. The van der Waals surface area contributed by atoms with E-state index in [4.69, 9.17) is 4.74 Å². The van der Waals surface area contributed by atoms with E-state index >= 15 is 0 Å². The molecule has 0 N–H and O–H groups in total. The molecule has 0 unspecified atom stereocenters. The average Bonchev–Trinajstić information content (AvgIpc) is 2.85. The zero-order valence-electron chi connectivity index (χ0n) is 12.4. The molecule has 2 saturated heterocycles. The standard InChI is InChI=1S/C14H12F4N2O4/c1-23-12(21)10-4-20(13(22)24-10)7-2-8(15)11(9(16)3-7)19-5-14(17,18)6-19/h2-3,10H,4-6H2,1H3/t10-/m1/s1. The van der Waals surface area contributed by atoms with Gasteiger partial charge in [0.25, 0.3) is 5.92 Å². The quantitative estimate of drug-likeness (QED) is 0.617. The Morgan fingerprint density at radius 2 is 1.88 bits per heavy atom. The molecule has 2 fully saturated rings. The van der Waals surface area contributed by atoms with Gasteiger partial charge in [-0.1, -0.05) is 0 Å². The molecule has 130 valence electrons. The van der Waals surface area contributed by atoms with Crippen LogP contribution in [0.2, 0.25) is 0 Å². The first kappa shape index (κ1) is 16.3. The van der Waals surface area contributed by atoms with Gasteiger partial charge in [0.05, 0.1) is 32.4 Å². The van der Waals surface area contributed by atoms with Crippen molar-refractivity contribution in [1.29, 1.82) is 0 Å². The number of amides is 1. The zero-order valence-corrected chi connectivity index (χ0v) is 12.4. The molecule has 0 radical (unpaired) electrons. The fourth-order valence-electron chi connectivity index (χ4n) is 2.61. The van der Waals surface area contributed by atoms with Gasteiger partial charge in [0.15, 0.2) is 11.6 Å². The number of alkyl halides is 2. The van der Waals surface area contributed by atoms with Crippen LogP contribution < -0.4 is 9.80 Å². The van der Waals surface area contributed by atoms with Crippen LogP contribution in [0.5, 0.6) is 0 Å². The molecule has 0 saturated carbocycles. The van der Waals surface area contributed by atoms with Crippen LogP contribution in [-0.2, 0) is 14.3 Å². The molecule has 2 heterocycles. The topological polar surface area (TPSA) is 59.1 Å². The molecule has 0 aliphatic carbocycles. The van der Waals surface area contributed by atoms with Gasteiger partial charge in [0.1, 0.15) is 5.69 Å². The minimum atomic E-state index is -2.98. The Labute approximate surface area is 133 Å². The minimum absolute atomic E-state index is 0.183. The van der Waals surface area contributed by atoms with Gasteiger partial charge in [-0.2, -0.15) is 0 Å². The largest absolute Gasteiger partial charge is 0.466 e. The number of rotatable bonds is 3. The molecule has 2 aliphatic heterocycles. The second-order valence-corrected chi connectivity index (χ2v) is 5.48. The highest BCUT2D eigenvalue weighted by Crippen LogP contribution is 2.37. The summed E-state index contributed by atoms with van der Waals surface area (Å²) < 4.78 is 63.2. The Morgan fingerprint density at radius 1 is 1.29 bits per heavy atom. The maximum absolute atomic E-state index is 14.1. The maximum atomic E-state index is 14.1. The Hall–Kier alpha value is -2.52. The second kappa shape index (κ2) is 5.53. The van der Waals surface area contributed by atoms with Gasteiger partial charge in [-0.05, 0) is 0 Å².